The van der Waals surface area contributed by atoms with Crippen molar-refractivity contribution in [2.45, 2.75) is 0 Å². The predicted octanol–water partition coefficient (Wildman–Crippen LogP) is 1.11. The van der Waals surface area contributed by atoms with Crippen molar-refractivity contribution < 1.29 is 52.5 Å². The molecule has 0 heterocycles. The molecule has 0 saturated carbocycles. The summed E-state index contributed by atoms with van der Waals surface area (Å²) in [6.07, 6.45) is 0. The van der Waals surface area contributed by atoms with Crippen LogP contribution < -0.4 is 15.4 Å². The molecule has 2 aliphatic carbocycles. The van der Waals surface area contributed by atoms with Crippen LogP contribution in [-0.2, 0) is 28.5 Å². The third-order valence-electron chi connectivity index (χ3n) is 7.28. The van der Waals surface area contributed by atoms with E-state index in [9.17, 15) is 28.8 Å². The fourth-order valence-corrected chi connectivity index (χ4v) is 5.00. The highest BCUT2D eigenvalue weighted by Crippen LogP contribution is 2.35. The standard InChI is InChI=1S/C32H36N2O11/c1-41-11-13-43-9-7-33-17-25(35)27-29(37)21-5-3-19(15-23(21)31(27)39)45-20-4-6-22-24(16-20)32(40)28(30(22)38)26(36)18-34-8-10-44-14-12-42-2/h3-6,15-16,27-28,33-34H,7-14,17-18H2,1-2H3. The van der Waals surface area contributed by atoms with E-state index in [1.165, 1.54) is 36.4 Å². The Labute approximate surface area is 259 Å². The summed E-state index contributed by atoms with van der Waals surface area (Å²) in [6.45, 7) is 2.79. The van der Waals surface area contributed by atoms with E-state index in [0.29, 0.717) is 52.7 Å². The number of rotatable bonds is 20. The van der Waals surface area contributed by atoms with Gasteiger partial charge in [0.15, 0.2) is 34.7 Å². The molecule has 2 aromatic carbocycles. The van der Waals surface area contributed by atoms with Gasteiger partial charge in [-0.15, -0.1) is 0 Å². The number of carbonyl (C=O) groups is 6. The monoisotopic (exact) mass is 624 g/mol. The van der Waals surface area contributed by atoms with Crippen molar-refractivity contribution in [2.75, 3.05) is 80.0 Å². The second-order valence-electron chi connectivity index (χ2n) is 10.3. The lowest BCUT2D eigenvalue weighted by molar-refractivity contribution is -0.120. The summed E-state index contributed by atoms with van der Waals surface area (Å²) < 4.78 is 26.3. The molecule has 0 aromatic heterocycles. The first-order valence-electron chi connectivity index (χ1n) is 14.5. The molecule has 2 N–H and O–H groups in total. The smallest absolute Gasteiger partial charge is 0.182 e. The maximum atomic E-state index is 13.1. The molecule has 2 aliphatic rings. The molecule has 0 amide bonds. The number of carbonyl (C=O) groups excluding carboxylic acids is 6. The number of fused-ring (bicyclic) bond motifs is 2. The molecule has 2 unspecified atom stereocenters. The minimum Gasteiger partial charge on any atom is -0.457 e. The van der Waals surface area contributed by atoms with Gasteiger partial charge in [0.05, 0.1) is 52.7 Å². The van der Waals surface area contributed by atoms with Gasteiger partial charge in [0.1, 0.15) is 23.3 Å². The van der Waals surface area contributed by atoms with E-state index in [1.807, 2.05) is 0 Å². The Morgan fingerprint density at radius 2 is 0.978 bits per heavy atom. The van der Waals surface area contributed by atoms with E-state index in [1.54, 1.807) is 14.2 Å². The van der Waals surface area contributed by atoms with Crippen LogP contribution in [0.2, 0.25) is 0 Å². The second-order valence-corrected chi connectivity index (χ2v) is 10.3. The highest BCUT2D eigenvalue weighted by Gasteiger charge is 2.44. The van der Waals surface area contributed by atoms with E-state index in [-0.39, 0.29) is 46.8 Å². The fraction of sp³-hybridized carbons (Fsp3) is 0.438. The predicted molar refractivity (Wildman–Crippen MR) is 158 cm³/mol. The van der Waals surface area contributed by atoms with Gasteiger partial charge in [-0.05, 0) is 36.4 Å². The summed E-state index contributed by atoms with van der Waals surface area (Å²) in [7, 11) is 3.12. The normalized spacial score (nSPS) is 17.1. The molecule has 0 aliphatic heterocycles. The number of hydrogen-bond donors (Lipinski definition) is 2. The second kappa shape index (κ2) is 16.4. The Morgan fingerprint density at radius 3 is 1.38 bits per heavy atom. The topological polar surface area (TPSA) is 173 Å². The third-order valence-corrected chi connectivity index (χ3v) is 7.28. The molecule has 13 nitrogen and oxygen atoms in total. The van der Waals surface area contributed by atoms with Gasteiger partial charge < -0.3 is 34.3 Å². The van der Waals surface area contributed by atoms with Crippen LogP contribution in [0.1, 0.15) is 41.4 Å². The molecule has 0 saturated heterocycles. The van der Waals surface area contributed by atoms with E-state index < -0.39 is 46.5 Å². The summed E-state index contributed by atoms with van der Waals surface area (Å²) in [6, 6.07) is 8.53. The van der Waals surface area contributed by atoms with Crippen LogP contribution >= 0.6 is 0 Å². The third kappa shape index (κ3) is 8.19. The summed E-state index contributed by atoms with van der Waals surface area (Å²) in [5.74, 6) is -5.96. The molecule has 0 fully saturated rings. The van der Waals surface area contributed by atoms with Crippen molar-refractivity contribution in [1.82, 2.24) is 10.6 Å². The SMILES string of the molecule is COCCOCCNCC(=O)C1C(=O)c2ccc(Oc3ccc4c(c3)C(=O)C(C(=O)CNCCOCCOC)C4=O)cc2C1=O. The van der Waals surface area contributed by atoms with Crippen molar-refractivity contribution >= 4 is 34.7 Å². The molecule has 45 heavy (non-hydrogen) atoms. The molecule has 4 rings (SSSR count). The van der Waals surface area contributed by atoms with E-state index >= 15 is 0 Å². The number of ether oxygens (including phenoxy) is 5. The molecule has 13 heteroatoms. The van der Waals surface area contributed by atoms with Crippen molar-refractivity contribution in [3.63, 3.8) is 0 Å². The highest BCUT2D eigenvalue weighted by molar-refractivity contribution is 6.36. The zero-order chi connectivity index (χ0) is 32.3. The van der Waals surface area contributed by atoms with Gasteiger partial charge in [0.2, 0.25) is 0 Å². The number of benzene rings is 2. The van der Waals surface area contributed by atoms with Crippen LogP contribution in [0.3, 0.4) is 0 Å². The zero-order valence-corrected chi connectivity index (χ0v) is 25.2. The quantitative estimate of drug-likeness (QED) is 0.159. The van der Waals surface area contributed by atoms with Crippen LogP contribution in [0.5, 0.6) is 11.5 Å². The van der Waals surface area contributed by atoms with Crippen molar-refractivity contribution in [2.24, 2.45) is 11.8 Å². The van der Waals surface area contributed by atoms with Gasteiger partial charge in [-0.25, -0.2) is 0 Å². The van der Waals surface area contributed by atoms with Crippen LogP contribution in [0.15, 0.2) is 36.4 Å². The Morgan fingerprint density at radius 1 is 0.578 bits per heavy atom. The lowest BCUT2D eigenvalue weighted by Gasteiger charge is -2.08. The lowest BCUT2D eigenvalue weighted by Crippen LogP contribution is -2.35. The number of Topliss-reactive ketones (excluding diaryl/α,β-unsaturated/α-hetero) is 6. The first-order chi connectivity index (χ1) is 21.8. The van der Waals surface area contributed by atoms with Crippen molar-refractivity contribution in [1.29, 1.82) is 0 Å². The van der Waals surface area contributed by atoms with Crippen LogP contribution in [0, 0.1) is 11.8 Å². The largest absolute Gasteiger partial charge is 0.457 e. The molecule has 0 spiro atoms. The molecule has 0 bridgehead atoms. The van der Waals surface area contributed by atoms with Crippen molar-refractivity contribution in [3.8, 4) is 11.5 Å². The first-order valence-corrected chi connectivity index (χ1v) is 14.5. The fourth-order valence-electron chi connectivity index (χ4n) is 5.00. The van der Waals surface area contributed by atoms with Gasteiger partial charge in [0, 0.05) is 49.6 Å². The van der Waals surface area contributed by atoms with Gasteiger partial charge in [-0.1, -0.05) is 0 Å². The number of methoxy groups -OCH3 is 2. The first kappa shape index (κ1) is 33.9. The molecular formula is C32H36N2O11. The van der Waals surface area contributed by atoms with Gasteiger partial charge in [0.25, 0.3) is 0 Å². The summed E-state index contributed by atoms with van der Waals surface area (Å²) in [5.41, 5.74) is 0.376. The van der Waals surface area contributed by atoms with E-state index in [0.717, 1.165) is 0 Å². The van der Waals surface area contributed by atoms with Crippen LogP contribution in [-0.4, -0.2) is 115 Å². The molecule has 240 valence electrons. The van der Waals surface area contributed by atoms with Gasteiger partial charge in [-0.3, -0.25) is 28.8 Å². The molecule has 2 aromatic rings. The maximum absolute atomic E-state index is 13.1. The highest BCUT2D eigenvalue weighted by atomic mass is 16.5. The number of ketones is 6. The minimum atomic E-state index is -1.44. The summed E-state index contributed by atoms with van der Waals surface area (Å²) in [4.78, 5) is 77.3. The van der Waals surface area contributed by atoms with Crippen molar-refractivity contribution in [3.05, 3.63) is 58.7 Å². The Bertz CT molecular complexity index is 1350. The Balaban J connectivity index is 1.34. The molecule has 0 radical (unpaired) electrons. The average Bonchev–Trinajstić information content (AvgIpc) is 3.43. The zero-order valence-electron chi connectivity index (χ0n) is 25.2. The Kier molecular flexibility index (Phi) is 12.3. The van der Waals surface area contributed by atoms with Crippen LogP contribution in [0.25, 0.3) is 0 Å². The van der Waals surface area contributed by atoms with E-state index in [2.05, 4.69) is 10.6 Å². The Hall–Kier alpha value is -3.98. The average molecular weight is 625 g/mol. The summed E-state index contributed by atoms with van der Waals surface area (Å²) >= 11 is 0. The number of nitrogens with one attached hydrogen (secondary N) is 2. The van der Waals surface area contributed by atoms with Crippen LogP contribution in [0.4, 0.5) is 0 Å². The maximum Gasteiger partial charge on any atom is 0.182 e. The van der Waals surface area contributed by atoms with Gasteiger partial charge in [-0.2, -0.15) is 0 Å². The van der Waals surface area contributed by atoms with E-state index in [4.69, 9.17) is 23.7 Å². The van der Waals surface area contributed by atoms with Gasteiger partial charge >= 0.3 is 0 Å². The summed E-state index contributed by atoms with van der Waals surface area (Å²) in [5, 5.41) is 5.76. The number of hydrogen-bond acceptors (Lipinski definition) is 13. The molecular weight excluding hydrogens is 588 g/mol. The minimum absolute atomic E-state index is 0.0634. The molecule has 2 atom stereocenters. The lowest BCUT2D eigenvalue weighted by atomic mass is 9.98.